The van der Waals surface area contributed by atoms with Gasteiger partial charge in [-0.2, -0.15) is 5.10 Å². The first-order chi connectivity index (χ1) is 16.8. The molecular formula is C28H37N6O+. The van der Waals surface area contributed by atoms with E-state index in [1.807, 2.05) is 28.0 Å². The molecule has 2 atom stereocenters. The summed E-state index contributed by atoms with van der Waals surface area (Å²) in [6.45, 7) is 12.5. The Kier molecular flexibility index (Phi) is 6.47. The van der Waals surface area contributed by atoms with E-state index in [0.29, 0.717) is 19.1 Å². The van der Waals surface area contributed by atoms with Crippen molar-refractivity contribution in [2.24, 2.45) is 0 Å². The standard InChI is InChI=1S/C28H36N6O/c1-20-12-31-33(15-20)17-24-13-29-21(2)16-32(24)18-27(35)34-19-28(3,4)25-14-30-23(11-26(25)34)10-22-8-6-5-7-9-22/h5-9,11-12,14-15,21,24,29H,10,13,16-19H2,1-4H3/p+1/t21-,24-/m1/s1. The highest BCUT2D eigenvalue weighted by Gasteiger charge is 2.40. The van der Waals surface area contributed by atoms with Crippen molar-refractivity contribution in [1.29, 1.82) is 0 Å². The van der Waals surface area contributed by atoms with Crippen LogP contribution in [-0.2, 0) is 23.2 Å². The Balaban J connectivity index is 1.35. The van der Waals surface area contributed by atoms with E-state index in [0.717, 1.165) is 48.6 Å². The molecule has 1 fully saturated rings. The van der Waals surface area contributed by atoms with E-state index < -0.39 is 0 Å². The molecule has 4 heterocycles. The number of carbonyl (C=O) groups is 1. The molecule has 1 amide bonds. The second-order valence-electron chi connectivity index (χ2n) is 11.0. The van der Waals surface area contributed by atoms with E-state index >= 15 is 0 Å². The lowest BCUT2D eigenvalue weighted by Crippen LogP contribution is -2.96. The molecule has 1 saturated heterocycles. The fraction of sp³-hybridized carbons (Fsp3) is 0.464. The van der Waals surface area contributed by atoms with Gasteiger partial charge in [-0.3, -0.25) is 19.4 Å². The lowest BCUT2D eigenvalue weighted by atomic mass is 9.88. The summed E-state index contributed by atoms with van der Waals surface area (Å²) in [5, 5.41) is 6.87. The molecule has 2 aromatic heterocycles. The Hall–Kier alpha value is -3.03. The number of fused-ring (bicyclic) bond motifs is 1. The molecule has 2 aliphatic heterocycles. The van der Waals surface area contributed by atoms with Gasteiger partial charge in [0.25, 0.3) is 0 Å². The molecule has 3 aromatic rings. The van der Waals surface area contributed by atoms with Crippen LogP contribution in [0.4, 0.5) is 5.69 Å². The normalized spacial score (nSPS) is 21.8. The number of piperazine rings is 1. The smallest absolute Gasteiger partial charge is 0.241 e. The Morgan fingerprint density at radius 1 is 1.20 bits per heavy atom. The molecule has 0 aliphatic carbocycles. The zero-order chi connectivity index (χ0) is 24.6. The fourth-order valence-electron chi connectivity index (χ4n) is 5.48. The van der Waals surface area contributed by atoms with E-state index in [9.17, 15) is 4.79 Å². The molecule has 0 unspecified atom stereocenters. The van der Waals surface area contributed by atoms with Gasteiger partial charge in [0.1, 0.15) is 0 Å². The summed E-state index contributed by atoms with van der Waals surface area (Å²) in [6.07, 6.45) is 6.73. The molecule has 184 valence electrons. The molecule has 2 aliphatic rings. The van der Waals surface area contributed by atoms with Crippen LogP contribution in [0, 0.1) is 6.92 Å². The number of carbonyl (C=O) groups excluding carboxylic acids is 1. The Labute approximate surface area is 208 Å². The minimum atomic E-state index is -0.113. The third-order valence-corrected chi connectivity index (χ3v) is 7.39. The summed E-state index contributed by atoms with van der Waals surface area (Å²) >= 11 is 0. The highest BCUT2D eigenvalue weighted by Crippen LogP contribution is 2.40. The number of aryl methyl sites for hydroxylation is 1. The first kappa shape index (κ1) is 23.7. The van der Waals surface area contributed by atoms with E-state index in [-0.39, 0.29) is 17.4 Å². The number of amides is 1. The largest absolute Gasteiger partial charge is 0.342 e. The van der Waals surface area contributed by atoms with Crippen molar-refractivity contribution < 1.29 is 10.1 Å². The number of pyridine rings is 1. The lowest BCUT2D eigenvalue weighted by molar-refractivity contribution is -0.700. The number of rotatable bonds is 6. The zero-order valence-electron chi connectivity index (χ0n) is 21.3. The average Bonchev–Trinajstić information content (AvgIpc) is 3.35. The third-order valence-electron chi connectivity index (χ3n) is 7.39. The number of aromatic nitrogens is 3. The van der Waals surface area contributed by atoms with Gasteiger partial charge in [-0.1, -0.05) is 44.2 Å². The van der Waals surface area contributed by atoms with Crippen molar-refractivity contribution in [3.8, 4) is 0 Å². The van der Waals surface area contributed by atoms with Crippen molar-refractivity contribution in [2.75, 3.05) is 31.1 Å². The van der Waals surface area contributed by atoms with Gasteiger partial charge in [-0.15, -0.1) is 0 Å². The molecule has 5 rings (SSSR count). The van der Waals surface area contributed by atoms with Crippen LogP contribution >= 0.6 is 0 Å². The number of anilines is 1. The lowest BCUT2D eigenvalue weighted by Gasteiger charge is -2.37. The number of nitrogens with two attached hydrogens (primary N) is 1. The fourth-order valence-corrected chi connectivity index (χ4v) is 5.48. The van der Waals surface area contributed by atoms with Gasteiger partial charge in [-0.05, 0) is 31.0 Å². The summed E-state index contributed by atoms with van der Waals surface area (Å²) < 4.78 is 2.01. The predicted octanol–water partition coefficient (Wildman–Crippen LogP) is 2.14. The van der Waals surface area contributed by atoms with Crippen LogP contribution in [0.1, 0.15) is 43.2 Å². The average molecular weight is 474 g/mol. The van der Waals surface area contributed by atoms with Crippen molar-refractivity contribution in [2.45, 2.75) is 58.2 Å². The molecule has 35 heavy (non-hydrogen) atoms. The van der Waals surface area contributed by atoms with Gasteiger partial charge in [0.05, 0.1) is 50.1 Å². The molecule has 7 heteroatoms. The van der Waals surface area contributed by atoms with Crippen LogP contribution in [0.25, 0.3) is 0 Å². The molecule has 0 saturated carbocycles. The maximum atomic E-state index is 13.8. The van der Waals surface area contributed by atoms with Gasteiger partial charge >= 0.3 is 0 Å². The highest BCUT2D eigenvalue weighted by atomic mass is 16.2. The Bertz CT molecular complexity index is 1190. The SMILES string of the molecule is Cc1cnn(C[C@H]2C[NH2+][C@H](C)CN2CC(=O)N2CC(C)(C)c3cnc(Cc4ccccc4)cc32)c1. The van der Waals surface area contributed by atoms with Crippen molar-refractivity contribution in [3.63, 3.8) is 0 Å². The number of nitrogens with zero attached hydrogens (tertiary/aromatic N) is 5. The molecule has 2 N–H and O–H groups in total. The number of hydrogen-bond donors (Lipinski definition) is 1. The van der Waals surface area contributed by atoms with E-state index in [4.69, 9.17) is 4.98 Å². The highest BCUT2D eigenvalue weighted by molar-refractivity contribution is 5.97. The molecule has 7 nitrogen and oxygen atoms in total. The van der Waals surface area contributed by atoms with E-state index in [1.54, 1.807) is 0 Å². The minimum absolute atomic E-state index is 0.113. The number of benzene rings is 1. The van der Waals surface area contributed by atoms with Crippen LogP contribution in [0.2, 0.25) is 0 Å². The molecule has 0 spiro atoms. The monoisotopic (exact) mass is 473 g/mol. The third kappa shape index (κ3) is 5.16. The first-order valence-electron chi connectivity index (χ1n) is 12.7. The van der Waals surface area contributed by atoms with Crippen molar-refractivity contribution in [3.05, 3.63) is 77.4 Å². The van der Waals surface area contributed by atoms with Gasteiger partial charge in [0.2, 0.25) is 5.91 Å². The van der Waals surface area contributed by atoms with Crippen LogP contribution in [0.3, 0.4) is 0 Å². The van der Waals surface area contributed by atoms with Gasteiger partial charge in [0, 0.05) is 42.0 Å². The van der Waals surface area contributed by atoms with Gasteiger partial charge in [-0.25, -0.2) is 0 Å². The number of hydrogen-bond acceptors (Lipinski definition) is 4. The van der Waals surface area contributed by atoms with E-state index in [2.05, 4.69) is 79.5 Å². The van der Waals surface area contributed by atoms with Crippen LogP contribution in [0.5, 0.6) is 0 Å². The summed E-state index contributed by atoms with van der Waals surface area (Å²) in [6, 6.07) is 13.3. The minimum Gasteiger partial charge on any atom is -0.342 e. The van der Waals surface area contributed by atoms with E-state index in [1.165, 1.54) is 5.56 Å². The van der Waals surface area contributed by atoms with Gasteiger partial charge in [0.15, 0.2) is 0 Å². The van der Waals surface area contributed by atoms with Crippen LogP contribution in [-0.4, -0.2) is 63.8 Å². The first-order valence-corrected chi connectivity index (χ1v) is 12.7. The second-order valence-corrected chi connectivity index (χ2v) is 11.0. The molecule has 0 radical (unpaired) electrons. The quantitative estimate of drug-likeness (QED) is 0.596. The Morgan fingerprint density at radius 2 is 2.00 bits per heavy atom. The second kappa shape index (κ2) is 9.55. The summed E-state index contributed by atoms with van der Waals surface area (Å²) in [7, 11) is 0. The number of quaternary nitrogens is 1. The maximum absolute atomic E-state index is 13.8. The predicted molar refractivity (Wildman–Crippen MR) is 137 cm³/mol. The summed E-state index contributed by atoms with van der Waals surface area (Å²) in [4.78, 5) is 22.9. The van der Waals surface area contributed by atoms with Gasteiger partial charge < -0.3 is 10.2 Å². The zero-order valence-corrected chi connectivity index (χ0v) is 21.3. The Morgan fingerprint density at radius 3 is 2.74 bits per heavy atom. The summed E-state index contributed by atoms with van der Waals surface area (Å²) in [5.74, 6) is 0.171. The van der Waals surface area contributed by atoms with Crippen LogP contribution < -0.4 is 10.2 Å². The van der Waals surface area contributed by atoms with Crippen molar-refractivity contribution in [1.82, 2.24) is 19.7 Å². The van der Waals surface area contributed by atoms with Crippen LogP contribution in [0.15, 0.2) is 55.0 Å². The summed E-state index contributed by atoms with van der Waals surface area (Å²) in [5.41, 5.74) is 5.46. The molecular weight excluding hydrogens is 436 g/mol. The maximum Gasteiger partial charge on any atom is 0.241 e. The van der Waals surface area contributed by atoms with Crippen molar-refractivity contribution >= 4 is 11.6 Å². The topological polar surface area (TPSA) is 70.9 Å². The molecule has 1 aromatic carbocycles. The molecule has 0 bridgehead atoms.